The lowest BCUT2D eigenvalue weighted by Gasteiger charge is -2.35. The van der Waals surface area contributed by atoms with Crippen LogP contribution in [-0.4, -0.2) is 47.3 Å². The van der Waals surface area contributed by atoms with Gasteiger partial charge in [0, 0.05) is 18.7 Å². The SMILES string of the molecule is COc1ccc([C@H](CNC(=O)Cn2[nH]c(=O)ccc2=O)N2CCCCC2)cc1. The van der Waals surface area contributed by atoms with Crippen molar-refractivity contribution >= 4 is 5.91 Å². The number of piperidine rings is 1. The highest BCUT2D eigenvalue weighted by molar-refractivity contribution is 5.75. The first kappa shape index (κ1) is 19.9. The normalized spacial score (nSPS) is 15.8. The van der Waals surface area contributed by atoms with Gasteiger partial charge in [-0.1, -0.05) is 18.6 Å². The number of carbonyl (C=O) groups is 1. The van der Waals surface area contributed by atoms with E-state index in [4.69, 9.17) is 4.74 Å². The van der Waals surface area contributed by atoms with Gasteiger partial charge in [0.05, 0.1) is 13.2 Å². The lowest BCUT2D eigenvalue weighted by Crippen LogP contribution is -2.42. The maximum absolute atomic E-state index is 12.4. The Kier molecular flexibility index (Phi) is 6.65. The molecule has 2 heterocycles. The van der Waals surface area contributed by atoms with E-state index in [-0.39, 0.29) is 18.5 Å². The first-order valence-corrected chi connectivity index (χ1v) is 9.51. The standard InChI is InChI=1S/C20H26N4O4/c1-28-16-7-5-15(6-8-16)17(23-11-3-2-4-12-23)13-21-19(26)14-24-20(27)10-9-18(25)22-24/h5-10,17H,2-4,11-14H2,1H3,(H,21,26)(H,22,25)/t17-/m0/s1. The minimum absolute atomic E-state index is 0.0432. The van der Waals surface area contributed by atoms with Crippen LogP contribution in [0.1, 0.15) is 30.9 Å². The number of likely N-dealkylation sites (tertiary alicyclic amines) is 1. The number of amides is 1. The van der Waals surface area contributed by atoms with Crippen molar-refractivity contribution in [2.45, 2.75) is 31.8 Å². The van der Waals surface area contributed by atoms with Gasteiger partial charge in [0.2, 0.25) is 5.91 Å². The predicted molar refractivity (Wildman–Crippen MR) is 105 cm³/mol. The Hall–Kier alpha value is -2.87. The molecular formula is C20H26N4O4. The van der Waals surface area contributed by atoms with Gasteiger partial charge in [0.1, 0.15) is 12.3 Å². The smallest absolute Gasteiger partial charge is 0.265 e. The minimum atomic E-state index is -0.420. The number of aromatic amines is 1. The molecule has 1 fully saturated rings. The molecule has 0 radical (unpaired) electrons. The third-order valence-electron chi connectivity index (χ3n) is 5.01. The van der Waals surface area contributed by atoms with Gasteiger partial charge in [-0.15, -0.1) is 0 Å². The minimum Gasteiger partial charge on any atom is -0.497 e. The number of rotatable bonds is 7. The lowest BCUT2D eigenvalue weighted by molar-refractivity contribution is -0.122. The molecule has 0 saturated carbocycles. The largest absolute Gasteiger partial charge is 0.497 e. The van der Waals surface area contributed by atoms with Crippen LogP contribution in [0.5, 0.6) is 5.75 Å². The van der Waals surface area contributed by atoms with Crippen LogP contribution in [0, 0.1) is 0 Å². The van der Waals surface area contributed by atoms with E-state index in [1.807, 2.05) is 24.3 Å². The number of methoxy groups -OCH3 is 1. The Balaban J connectivity index is 1.69. The van der Waals surface area contributed by atoms with Gasteiger partial charge < -0.3 is 10.1 Å². The highest BCUT2D eigenvalue weighted by Gasteiger charge is 2.23. The Morgan fingerprint density at radius 1 is 1.11 bits per heavy atom. The summed E-state index contributed by atoms with van der Waals surface area (Å²) in [5, 5.41) is 5.27. The Morgan fingerprint density at radius 2 is 1.82 bits per heavy atom. The van der Waals surface area contributed by atoms with Gasteiger partial charge in [0.25, 0.3) is 11.1 Å². The molecule has 28 heavy (non-hydrogen) atoms. The van der Waals surface area contributed by atoms with Crippen LogP contribution in [0.2, 0.25) is 0 Å². The topological polar surface area (TPSA) is 96.4 Å². The maximum Gasteiger partial charge on any atom is 0.265 e. The summed E-state index contributed by atoms with van der Waals surface area (Å²) in [6.07, 6.45) is 3.50. The molecule has 2 N–H and O–H groups in total. The molecule has 3 rings (SSSR count). The average Bonchev–Trinajstić information content (AvgIpc) is 2.72. The van der Waals surface area contributed by atoms with Crippen molar-refractivity contribution < 1.29 is 9.53 Å². The second-order valence-electron chi connectivity index (χ2n) is 6.92. The first-order chi connectivity index (χ1) is 13.6. The fraction of sp³-hybridized carbons (Fsp3) is 0.450. The van der Waals surface area contributed by atoms with E-state index >= 15 is 0 Å². The summed E-state index contributed by atoms with van der Waals surface area (Å²) in [5.41, 5.74) is 0.266. The molecule has 1 aliphatic rings. The van der Waals surface area contributed by atoms with Crippen LogP contribution in [-0.2, 0) is 11.3 Å². The van der Waals surface area contributed by atoms with Crippen LogP contribution >= 0.6 is 0 Å². The molecule has 0 aliphatic carbocycles. The van der Waals surface area contributed by atoms with Crippen LogP contribution in [0.3, 0.4) is 0 Å². The third kappa shape index (κ3) is 5.10. The van der Waals surface area contributed by atoms with Gasteiger partial charge in [-0.25, -0.2) is 4.68 Å². The first-order valence-electron chi connectivity index (χ1n) is 9.51. The average molecular weight is 386 g/mol. The number of benzene rings is 1. The number of nitrogens with one attached hydrogen (secondary N) is 2. The van der Waals surface area contributed by atoms with E-state index < -0.39 is 11.1 Å². The van der Waals surface area contributed by atoms with Gasteiger partial charge in [-0.3, -0.25) is 24.4 Å². The summed E-state index contributed by atoms with van der Waals surface area (Å²) in [4.78, 5) is 37.9. The van der Waals surface area contributed by atoms with E-state index in [2.05, 4.69) is 15.3 Å². The second kappa shape index (κ2) is 9.36. The van der Waals surface area contributed by atoms with Crippen molar-refractivity contribution in [2.24, 2.45) is 0 Å². The summed E-state index contributed by atoms with van der Waals surface area (Å²) in [6, 6.07) is 10.2. The monoisotopic (exact) mass is 386 g/mol. The zero-order valence-electron chi connectivity index (χ0n) is 16.0. The van der Waals surface area contributed by atoms with Crippen LogP contribution < -0.4 is 21.2 Å². The summed E-state index contributed by atoms with van der Waals surface area (Å²) >= 11 is 0. The fourth-order valence-corrected chi connectivity index (χ4v) is 3.50. The summed E-state index contributed by atoms with van der Waals surface area (Å²) < 4.78 is 6.25. The number of ether oxygens (including phenoxy) is 1. The zero-order valence-corrected chi connectivity index (χ0v) is 16.0. The number of carbonyl (C=O) groups excluding carboxylic acids is 1. The molecule has 0 unspecified atom stereocenters. The Labute approximate surface area is 163 Å². The van der Waals surface area contributed by atoms with Gasteiger partial charge in [-0.2, -0.15) is 0 Å². The van der Waals surface area contributed by atoms with E-state index in [1.54, 1.807) is 7.11 Å². The summed E-state index contributed by atoms with van der Waals surface area (Å²) in [6.45, 7) is 2.18. The van der Waals surface area contributed by atoms with Crippen molar-refractivity contribution in [1.82, 2.24) is 20.0 Å². The molecule has 2 aromatic rings. The van der Waals surface area contributed by atoms with Crippen molar-refractivity contribution in [3.63, 3.8) is 0 Å². The summed E-state index contributed by atoms with van der Waals surface area (Å²) in [5.74, 6) is 0.469. The van der Waals surface area contributed by atoms with E-state index in [0.717, 1.165) is 54.1 Å². The van der Waals surface area contributed by atoms with Gasteiger partial charge >= 0.3 is 0 Å². The summed E-state index contributed by atoms with van der Waals surface area (Å²) in [7, 11) is 1.63. The Morgan fingerprint density at radius 3 is 2.50 bits per heavy atom. The van der Waals surface area contributed by atoms with Crippen LogP contribution in [0.4, 0.5) is 0 Å². The van der Waals surface area contributed by atoms with Crippen molar-refractivity contribution in [2.75, 3.05) is 26.7 Å². The molecule has 1 aromatic carbocycles. The third-order valence-corrected chi connectivity index (χ3v) is 5.01. The molecule has 150 valence electrons. The zero-order chi connectivity index (χ0) is 19.9. The number of hydrogen-bond donors (Lipinski definition) is 2. The maximum atomic E-state index is 12.4. The molecular weight excluding hydrogens is 360 g/mol. The lowest BCUT2D eigenvalue weighted by atomic mass is 10.0. The fourth-order valence-electron chi connectivity index (χ4n) is 3.50. The van der Waals surface area contributed by atoms with E-state index in [1.165, 1.54) is 6.42 Å². The molecule has 1 saturated heterocycles. The molecule has 0 spiro atoms. The number of hydrogen-bond acceptors (Lipinski definition) is 5. The predicted octanol–water partition coefficient (Wildman–Crippen LogP) is 0.889. The Bertz CT molecular complexity index is 897. The number of aromatic nitrogens is 2. The number of nitrogens with zero attached hydrogens (tertiary/aromatic N) is 2. The van der Waals surface area contributed by atoms with Crippen LogP contribution in [0.15, 0.2) is 46.0 Å². The van der Waals surface area contributed by atoms with Gasteiger partial charge in [-0.05, 0) is 43.6 Å². The van der Waals surface area contributed by atoms with Crippen molar-refractivity contribution in [1.29, 1.82) is 0 Å². The highest BCUT2D eigenvalue weighted by Crippen LogP contribution is 2.25. The molecule has 1 amide bonds. The molecule has 0 bridgehead atoms. The molecule has 1 aromatic heterocycles. The number of H-pyrrole nitrogens is 1. The van der Waals surface area contributed by atoms with Crippen molar-refractivity contribution in [3.8, 4) is 5.75 Å². The molecule has 1 atom stereocenters. The van der Waals surface area contributed by atoms with Crippen molar-refractivity contribution in [3.05, 3.63) is 62.7 Å². The quantitative estimate of drug-likeness (QED) is 0.737. The van der Waals surface area contributed by atoms with E-state index in [0.29, 0.717) is 6.54 Å². The molecule has 8 heteroatoms. The van der Waals surface area contributed by atoms with Crippen LogP contribution in [0.25, 0.3) is 0 Å². The van der Waals surface area contributed by atoms with Gasteiger partial charge in [0.15, 0.2) is 0 Å². The molecule has 1 aliphatic heterocycles. The highest BCUT2D eigenvalue weighted by atomic mass is 16.5. The molecule has 8 nitrogen and oxygen atoms in total. The van der Waals surface area contributed by atoms with E-state index in [9.17, 15) is 14.4 Å². The second-order valence-corrected chi connectivity index (χ2v) is 6.92.